The summed E-state index contributed by atoms with van der Waals surface area (Å²) in [6.45, 7) is 3.22. The molecule has 2 heterocycles. The summed E-state index contributed by atoms with van der Waals surface area (Å²) >= 11 is 0. The molecule has 1 N–H and O–H groups in total. The quantitative estimate of drug-likeness (QED) is 0.588. The molecule has 0 aliphatic carbocycles. The molecule has 1 aromatic heterocycles. The van der Waals surface area contributed by atoms with Crippen molar-refractivity contribution in [2.24, 2.45) is 0 Å². The second-order valence-electron chi connectivity index (χ2n) is 7.25. The van der Waals surface area contributed by atoms with Crippen molar-refractivity contribution in [3.8, 4) is 0 Å². The van der Waals surface area contributed by atoms with E-state index in [-0.39, 0.29) is 10.8 Å². The second-order valence-corrected chi connectivity index (χ2v) is 9.02. The van der Waals surface area contributed by atoms with E-state index >= 15 is 0 Å². The second kappa shape index (κ2) is 8.99. The lowest BCUT2D eigenvalue weighted by atomic mass is 10.2. The number of hydrogen-bond donors (Lipinski definition) is 1. The van der Waals surface area contributed by atoms with E-state index in [1.165, 1.54) is 17.5 Å². The first-order valence-corrected chi connectivity index (χ1v) is 11.5. The minimum Gasteiger partial charge on any atom is -0.378 e. The zero-order chi connectivity index (χ0) is 21.0. The Kier molecular flexibility index (Phi) is 6.17. The molecule has 0 radical (unpaired) electrons. The smallest absolute Gasteiger partial charge is 0.254 e. The molecular formula is C22H25N3O4S. The average Bonchev–Trinajstić information content (AvgIpc) is 3.20. The average molecular weight is 428 g/mol. The van der Waals surface area contributed by atoms with Crippen molar-refractivity contribution in [1.29, 1.82) is 0 Å². The number of carbonyl (C=O) groups is 1. The van der Waals surface area contributed by atoms with E-state index in [9.17, 15) is 13.2 Å². The molecule has 8 heteroatoms. The molecule has 2 aromatic carbocycles. The van der Waals surface area contributed by atoms with Crippen molar-refractivity contribution >= 4 is 26.8 Å². The molecule has 1 aliphatic heterocycles. The van der Waals surface area contributed by atoms with E-state index in [0.29, 0.717) is 44.8 Å². The van der Waals surface area contributed by atoms with Gasteiger partial charge in [0.15, 0.2) is 0 Å². The van der Waals surface area contributed by atoms with Crippen molar-refractivity contribution in [2.75, 3.05) is 32.8 Å². The molecule has 30 heavy (non-hydrogen) atoms. The Labute approximate surface area is 176 Å². The molecule has 0 spiro atoms. The van der Waals surface area contributed by atoms with E-state index in [1.54, 1.807) is 17.0 Å². The van der Waals surface area contributed by atoms with Gasteiger partial charge >= 0.3 is 0 Å². The molecule has 0 atom stereocenters. The van der Waals surface area contributed by atoms with Crippen LogP contribution in [0, 0.1) is 0 Å². The number of aromatic nitrogens is 1. The fourth-order valence-electron chi connectivity index (χ4n) is 3.60. The molecule has 3 aromatic rings. The highest BCUT2D eigenvalue weighted by atomic mass is 32.2. The third kappa shape index (κ3) is 4.56. The molecule has 1 aliphatic rings. The third-order valence-electron chi connectivity index (χ3n) is 5.26. The van der Waals surface area contributed by atoms with Crippen molar-refractivity contribution in [2.45, 2.75) is 17.9 Å². The molecule has 0 bridgehead atoms. The van der Waals surface area contributed by atoms with E-state index in [2.05, 4.69) is 27.5 Å². The van der Waals surface area contributed by atoms with Crippen LogP contribution in [-0.4, -0.2) is 56.6 Å². The van der Waals surface area contributed by atoms with Gasteiger partial charge in [-0.05, 0) is 48.2 Å². The summed E-state index contributed by atoms with van der Waals surface area (Å²) in [4.78, 5) is 14.4. The van der Waals surface area contributed by atoms with Crippen molar-refractivity contribution < 1.29 is 17.9 Å². The number of amides is 1. The van der Waals surface area contributed by atoms with Crippen LogP contribution in [0.2, 0.25) is 0 Å². The van der Waals surface area contributed by atoms with E-state index in [1.807, 2.05) is 18.3 Å². The molecule has 1 saturated heterocycles. The first kappa shape index (κ1) is 20.6. The number of sulfonamides is 1. The first-order valence-electron chi connectivity index (χ1n) is 10.1. The number of aryl methyl sites for hydroxylation is 1. The summed E-state index contributed by atoms with van der Waals surface area (Å²) in [7, 11) is -3.62. The van der Waals surface area contributed by atoms with Crippen LogP contribution in [-0.2, 0) is 21.3 Å². The largest absolute Gasteiger partial charge is 0.378 e. The number of ether oxygens (including phenoxy) is 1. The summed E-state index contributed by atoms with van der Waals surface area (Å²) in [6.07, 6.45) is 2.69. The monoisotopic (exact) mass is 427 g/mol. The number of benzene rings is 2. The van der Waals surface area contributed by atoms with Crippen LogP contribution in [0.1, 0.15) is 16.8 Å². The summed E-state index contributed by atoms with van der Waals surface area (Å²) in [5, 5.41) is 1.17. The topological polar surface area (TPSA) is 80.6 Å². The SMILES string of the molecule is O=C(c1ccc(S(=O)(=O)NCCCn2ccc3ccccc32)cc1)N1CCOCC1. The van der Waals surface area contributed by atoms with Crippen molar-refractivity contribution in [3.63, 3.8) is 0 Å². The van der Waals surface area contributed by atoms with Crippen LogP contribution in [0.3, 0.4) is 0 Å². The predicted octanol–water partition coefficient (Wildman–Crippen LogP) is 2.48. The predicted molar refractivity (Wildman–Crippen MR) is 115 cm³/mol. The molecule has 0 unspecified atom stereocenters. The zero-order valence-electron chi connectivity index (χ0n) is 16.7. The van der Waals surface area contributed by atoms with Gasteiger partial charge < -0.3 is 14.2 Å². The fraction of sp³-hybridized carbons (Fsp3) is 0.318. The van der Waals surface area contributed by atoms with Crippen LogP contribution in [0.5, 0.6) is 0 Å². The number of para-hydroxylation sites is 1. The van der Waals surface area contributed by atoms with Gasteiger partial charge in [0.2, 0.25) is 10.0 Å². The summed E-state index contributed by atoms with van der Waals surface area (Å²) in [6, 6.07) is 16.3. The standard InChI is InChI=1S/C22H25N3O4S/c26-22(25-14-16-29-17-15-25)19-6-8-20(9-7-19)30(27,28)23-11-3-12-24-13-10-18-4-1-2-5-21(18)24/h1-2,4-10,13,23H,3,11-12,14-17H2. The van der Waals surface area contributed by atoms with Gasteiger partial charge in [0.25, 0.3) is 5.91 Å². The lowest BCUT2D eigenvalue weighted by molar-refractivity contribution is 0.0303. The minimum atomic E-state index is -3.62. The van der Waals surface area contributed by atoms with Gasteiger partial charge in [-0.25, -0.2) is 13.1 Å². The number of nitrogens with one attached hydrogen (secondary N) is 1. The highest BCUT2D eigenvalue weighted by Crippen LogP contribution is 2.16. The molecule has 7 nitrogen and oxygen atoms in total. The van der Waals surface area contributed by atoms with Crippen LogP contribution in [0.15, 0.2) is 65.7 Å². The number of rotatable bonds is 7. The van der Waals surface area contributed by atoms with Crippen LogP contribution in [0.4, 0.5) is 0 Å². The van der Waals surface area contributed by atoms with E-state index in [4.69, 9.17) is 4.74 Å². The Morgan fingerprint density at radius 2 is 1.73 bits per heavy atom. The lowest BCUT2D eigenvalue weighted by Crippen LogP contribution is -2.40. The maximum absolute atomic E-state index is 12.6. The van der Waals surface area contributed by atoms with Gasteiger partial charge in [0.1, 0.15) is 0 Å². The maximum Gasteiger partial charge on any atom is 0.254 e. The van der Waals surface area contributed by atoms with Gasteiger partial charge in [-0.1, -0.05) is 18.2 Å². The molecular weight excluding hydrogens is 402 g/mol. The number of morpholine rings is 1. The number of hydrogen-bond acceptors (Lipinski definition) is 4. The van der Waals surface area contributed by atoms with Crippen molar-refractivity contribution in [3.05, 3.63) is 66.4 Å². The van der Waals surface area contributed by atoms with Gasteiger partial charge in [0, 0.05) is 43.5 Å². The van der Waals surface area contributed by atoms with Gasteiger partial charge in [-0.3, -0.25) is 4.79 Å². The normalized spacial score (nSPS) is 14.9. The summed E-state index contributed by atoms with van der Waals surface area (Å²) in [5.41, 5.74) is 1.62. The van der Waals surface area contributed by atoms with Gasteiger partial charge in [-0.2, -0.15) is 0 Å². The number of nitrogens with zero attached hydrogens (tertiary/aromatic N) is 2. The number of carbonyl (C=O) groups excluding carboxylic acids is 1. The molecule has 1 amide bonds. The van der Waals surface area contributed by atoms with Gasteiger partial charge in [-0.15, -0.1) is 0 Å². The lowest BCUT2D eigenvalue weighted by Gasteiger charge is -2.26. The van der Waals surface area contributed by atoms with Crippen molar-refractivity contribution in [1.82, 2.24) is 14.2 Å². The van der Waals surface area contributed by atoms with Crippen LogP contribution >= 0.6 is 0 Å². The summed E-state index contributed by atoms with van der Waals surface area (Å²) in [5.74, 6) is -0.103. The van der Waals surface area contributed by atoms with Crippen LogP contribution in [0.25, 0.3) is 10.9 Å². The molecule has 4 rings (SSSR count). The minimum absolute atomic E-state index is 0.103. The first-order chi connectivity index (χ1) is 14.5. The number of fused-ring (bicyclic) bond motifs is 1. The Hall–Kier alpha value is -2.68. The fourth-order valence-corrected chi connectivity index (χ4v) is 4.67. The van der Waals surface area contributed by atoms with Gasteiger partial charge in [0.05, 0.1) is 18.1 Å². The Morgan fingerprint density at radius 1 is 1.00 bits per heavy atom. The maximum atomic E-state index is 12.6. The Morgan fingerprint density at radius 3 is 2.50 bits per heavy atom. The third-order valence-corrected chi connectivity index (χ3v) is 6.73. The van der Waals surface area contributed by atoms with E-state index in [0.717, 1.165) is 12.1 Å². The Bertz CT molecular complexity index is 1120. The highest BCUT2D eigenvalue weighted by Gasteiger charge is 2.20. The summed E-state index contributed by atoms with van der Waals surface area (Å²) < 4.78 is 35.1. The molecule has 1 fully saturated rings. The molecule has 158 valence electrons. The molecule has 0 saturated carbocycles. The Balaban J connectivity index is 1.32. The highest BCUT2D eigenvalue weighted by molar-refractivity contribution is 7.89. The van der Waals surface area contributed by atoms with E-state index < -0.39 is 10.0 Å². The van der Waals surface area contributed by atoms with Crippen LogP contribution < -0.4 is 4.72 Å². The zero-order valence-corrected chi connectivity index (χ0v) is 17.5.